The minimum Gasteiger partial charge on any atom is -0.446 e. The van der Waals surface area contributed by atoms with Crippen molar-refractivity contribution in [3.63, 3.8) is 0 Å². The number of carbonyl (C=O) groups excluding carboxylic acids is 1. The lowest BCUT2D eigenvalue weighted by Gasteiger charge is -2.29. The molecule has 1 unspecified atom stereocenters. The van der Waals surface area contributed by atoms with Crippen molar-refractivity contribution in [2.24, 2.45) is 11.1 Å². The SMILES string of the molecule is CC(C)(C)C(=O)OC(C(F)(F)F)C(F)(F)CN. The van der Waals surface area contributed by atoms with Crippen LogP contribution in [0.2, 0.25) is 0 Å². The Morgan fingerprint density at radius 1 is 1.18 bits per heavy atom. The summed E-state index contributed by atoms with van der Waals surface area (Å²) in [6.07, 6.45) is -8.89. The molecule has 8 heteroatoms. The fourth-order valence-corrected chi connectivity index (χ4v) is 0.783. The van der Waals surface area contributed by atoms with Crippen LogP contribution in [0, 0.1) is 5.41 Å². The van der Waals surface area contributed by atoms with Crippen LogP contribution >= 0.6 is 0 Å². The number of ether oxygens (including phenoxy) is 1. The second-order valence-electron chi connectivity index (χ2n) is 4.54. The first-order valence-electron chi connectivity index (χ1n) is 4.68. The summed E-state index contributed by atoms with van der Waals surface area (Å²) in [5.41, 5.74) is 3.24. The second-order valence-corrected chi connectivity index (χ2v) is 4.54. The molecule has 0 aromatic rings. The number of nitrogens with two attached hydrogens (primary N) is 1. The summed E-state index contributed by atoms with van der Waals surface area (Å²) in [4.78, 5) is 11.2. The van der Waals surface area contributed by atoms with Crippen LogP contribution in [0.4, 0.5) is 22.0 Å². The molecule has 0 bridgehead atoms. The predicted octanol–water partition coefficient (Wildman–Crippen LogP) is 2.10. The summed E-state index contributed by atoms with van der Waals surface area (Å²) in [6.45, 7) is 2.20. The van der Waals surface area contributed by atoms with Crippen molar-refractivity contribution in [1.82, 2.24) is 0 Å². The van der Waals surface area contributed by atoms with E-state index in [1.807, 2.05) is 0 Å². The molecular formula is C9H14F5NO2. The van der Waals surface area contributed by atoms with Gasteiger partial charge in [0.15, 0.2) is 0 Å². The average molecular weight is 263 g/mol. The first kappa shape index (κ1) is 16.1. The lowest BCUT2D eigenvalue weighted by molar-refractivity contribution is -0.277. The molecule has 0 saturated carbocycles. The molecular weight excluding hydrogens is 249 g/mol. The number of alkyl halides is 5. The Balaban J connectivity index is 5.07. The van der Waals surface area contributed by atoms with E-state index in [4.69, 9.17) is 0 Å². The Morgan fingerprint density at radius 3 is 1.82 bits per heavy atom. The van der Waals surface area contributed by atoms with Crippen LogP contribution in [0.15, 0.2) is 0 Å². The molecule has 0 aliphatic rings. The van der Waals surface area contributed by atoms with Gasteiger partial charge in [0.25, 0.3) is 6.10 Å². The number of halogens is 5. The quantitative estimate of drug-likeness (QED) is 0.626. The number of esters is 1. The van der Waals surface area contributed by atoms with Crippen LogP contribution in [0.25, 0.3) is 0 Å². The molecule has 0 amide bonds. The zero-order valence-corrected chi connectivity index (χ0v) is 9.57. The summed E-state index contributed by atoms with van der Waals surface area (Å²) < 4.78 is 66.7. The Bertz CT molecular complexity index is 282. The lowest BCUT2D eigenvalue weighted by Crippen LogP contribution is -2.52. The third kappa shape index (κ3) is 4.45. The Morgan fingerprint density at radius 2 is 1.59 bits per heavy atom. The Labute approximate surface area is 95.1 Å². The maximum absolute atomic E-state index is 12.9. The molecule has 0 heterocycles. The van der Waals surface area contributed by atoms with Crippen molar-refractivity contribution < 1.29 is 31.5 Å². The summed E-state index contributed by atoms with van der Waals surface area (Å²) in [5, 5.41) is 0. The van der Waals surface area contributed by atoms with Crippen LogP contribution in [0.3, 0.4) is 0 Å². The Kier molecular flexibility index (Phi) is 4.50. The highest BCUT2D eigenvalue weighted by molar-refractivity contribution is 5.75. The van der Waals surface area contributed by atoms with Gasteiger partial charge in [0, 0.05) is 0 Å². The highest BCUT2D eigenvalue weighted by atomic mass is 19.4. The van der Waals surface area contributed by atoms with Gasteiger partial charge in [-0.2, -0.15) is 13.2 Å². The van der Waals surface area contributed by atoms with E-state index < -0.39 is 36.1 Å². The van der Waals surface area contributed by atoms with Crippen molar-refractivity contribution in [1.29, 1.82) is 0 Å². The lowest BCUT2D eigenvalue weighted by atomic mass is 9.97. The maximum Gasteiger partial charge on any atom is 0.431 e. The third-order valence-electron chi connectivity index (χ3n) is 1.79. The van der Waals surface area contributed by atoms with Crippen molar-refractivity contribution in [3.05, 3.63) is 0 Å². The van der Waals surface area contributed by atoms with Gasteiger partial charge in [-0.15, -0.1) is 0 Å². The van der Waals surface area contributed by atoms with Crippen molar-refractivity contribution in [2.75, 3.05) is 6.54 Å². The monoisotopic (exact) mass is 263 g/mol. The highest BCUT2D eigenvalue weighted by Crippen LogP contribution is 2.35. The summed E-state index contributed by atoms with van der Waals surface area (Å²) >= 11 is 0. The van der Waals surface area contributed by atoms with Gasteiger partial charge in [-0.3, -0.25) is 4.79 Å². The van der Waals surface area contributed by atoms with Crippen LogP contribution in [0.5, 0.6) is 0 Å². The molecule has 102 valence electrons. The predicted molar refractivity (Wildman–Crippen MR) is 49.4 cm³/mol. The zero-order valence-electron chi connectivity index (χ0n) is 9.57. The summed E-state index contributed by atoms with van der Waals surface area (Å²) in [7, 11) is 0. The largest absolute Gasteiger partial charge is 0.446 e. The molecule has 0 fully saturated rings. The summed E-state index contributed by atoms with van der Waals surface area (Å²) in [5.74, 6) is -5.72. The van der Waals surface area contributed by atoms with Gasteiger partial charge in [0.05, 0.1) is 12.0 Å². The molecule has 2 N–H and O–H groups in total. The molecule has 0 radical (unpaired) electrons. The van der Waals surface area contributed by atoms with E-state index in [-0.39, 0.29) is 0 Å². The van der Waals surface area contributed by atoms with Gasteiger partial charge in [0.1, 0.15) is 0 Å². The van der Waals surface area contributed by atoms with Gasteiger partial charge in [-0.1, -0.05) is 0 Å². The van der Waals surface area contributed by atoms with Gasteiger partial charge in [0.2, 0.25) is 0 Å². The standard InChI is InChI=1S/C9H14F5NO2/c1-7(2,3)6(16)17-5(9(12,13)14)8(10,11)4-15/h5H,4,15H2,1-3H3. The van der Waals surface area contributed by atoms with E-state index in [1.165, 1.54) is 20.8 Å². The first-order chi connectivity index (χ1) is 7.32. The second kappa shape index (κ2) is 4.75. The average Bonchev–Trinajstić information content (AvgIpc) is 2.09. The molecule has 17 heavy (non-hydrogen) atoms. The topological polar surface area (TPSA) is 52.3 Å². The molecule has 0 aromatic carbocycles. The molecule has 0 rings (SSSR count). The van der Waals surface area contributed by atoms with Gasteiger partial charge >= 0.3 is 18.1 Å². The van der Waals surface area contributed by atoms with E-state index in [9.17, 15) is 26.7 Å². The van der Waals surface area contributed by atoms with Crippen LogP contribution < -0.4 is 5.73 Å². The normalized spacial score (nSPS) is 15.6. The maximum atomic E-state index is 12.9. The van der Waals surface area contributed by atoms with Crippen molar-refractivity contribution >= 4 is 5.97 Å². The number of rotatable bonds is 3. The number of carbonyl (C=O) groups is 1. The van der Waals surface area contributed by atoms with E-state index in [0.717, 1.165) is 0 Å². The molecule has 3 nitrogen and oxygen atoms in total. The van der Waals surface area contributed by atoms with Crippen molar-refractivity contribution in [2.45, 2.75) is 39.0 Å². The number of hydrogen-bond acceptors (Lipinski definition) is 3. The van der Waals surface area contributed by atoms with Crippen LogP contribution in [-0.4, -0.2) is 30.7 Å². The van der Waals surface area contributed by atoms with Gasteiger partial charge < -0.3 is 10.5 Å². The first-order valence-corrected chi connectivity index (χ1v) is 4.68. The molecule has 0 aromatic heterocycles. The van der Waals surface area contributed by atoms with Gasteiger partial charge in [-0.25, -0.2) is 8.78 Å². The molecule has 0 spiro atoms. The fourth-order valence-electron chi connectivity index (χ4n) is 0.783. The molecule has 0 aliphatic heterocycles. The minimum absolute atomic E-state index is 1.25. The van der Waals surface area contributed by atoms with Crippen molar-refractivity contribution in [3.8, 4) is 0 Å². The highest BCUT2D eigenvalue weighted by Gasteiger charge is 2.58. The van der Waals surface area contributed by atoms with Gasteiger partial charge in [-0.05, 0) is 20.8 Å². The van der Waals surface area contributed by atoms with Crippen LogP contribution in [-0.2, 0) is 9.53 Å². The van der Waals surface area contributed by atoms with E-state index in [2.05, 4.69) is 10.5 Å². The molecule has 0 saturated heterocycles. The fraction of sp³-hybridized carbons (Fsp3) is 0.889. The smallest absolute Gasteiger partial charge is 0.431 e. The summed E-state index contributed by atoms with van der Waals surface area (Å²) in [6, 6.07) is 0. The number of hydrogen-bond donors (Lipinski definition) is 1. The Hall–Kier alpha value is -0.920. The van der Waals surface area contributed by atoms with Crippen LogP contribution in [0.1, 0.15) is 20.8 Å². The molecule has 0 aliphatic carbocycles. The van der Waals surface area contributed by atoms with E-state index >= 15 is 0 Å². The van der Waals surface area contributed by atoms with E-state index in [0.29, 0.717) is 0 Å². The minimum atomic E-state index is -5.37. The third-order valence-corrected chi connectivity index (χ3v) is 1.79. The molecule has 1 atom stereocenters. The van der Waals surface area contributed by atoms with E-state index in [1.54, 1.807) is 0 Å². The zero-order chi connectivity index (χ0) is 14.1.